The zero-order chi connectivity index (χ0) is 26.3. The summed E-state index contributed by atoms with van der Waals surface area (Å²) in [6, 6.07) is 39.7. The summed E-state index contributed by atoms with van der Waals surface area (Å²) in [6.45, 7) is 0. The van der Waals surface area contributed by atoms with Crippen LogP contribution in [-0.2, 0) is 6.42 Å². The highest BCUT2D eigenvalue weighted by atomic mass is 16.4. The minimum absolute atomic E-state index is 0.200. The summed E-state index contributed by atoms with van der Waals surface area (Å²) in [5, 5.41) is 4.11. The standard InChI is InChI=1S/C35H23NO3/c37-34-30(35(38)32-22-26-20-24-10-8-7-9-23(24)19-25(26)21-31(32)34)17-15-29-16-18-33(39-29)36(27-11-3-1-4-12-27)28-13-5-2-6-14-28/h1-14,16-22H,15H2. The van der Waals surface area contributed by atoms with Crippen molar-refractivity contribution in [1.82, 2.24) is 0 Å². The molecule has 0 atom stereocenters. The number of ketones is 2. The molecule has 0 N–H and O–H groups in total. The smallest absolute Gasteiger partial charge is 0.204 e. The van der Waals surface area contributed by atoms with Gasteiger partial charge in [-0.05, 0) is 76.1 Å². The molecule has 4 nitrogen and oxygen atoms in total. The van der Waals surface area contributed by atoms with E-state index in [1.54, 1.807) is 6.08 Å². The number of benzene rings is 5. The third-order valence-corrected chi connectivity index (χ3v) is 7.22. The summed E-state index contributed by atoms with van der Waals surface area (Å²) in [4.78, 5) is 28.6. The van der Waals surface area contributed by atoms with Gasteiger partial charge in [0.2, 0.25) is 5.88 Å². The second-order valence-corrected chi connectivity index (χ2v) is 9.67. The van der Waals surface area contributed by atoms with Crippen LogP contribution in [0.1, 0.15) is 26.5 Å². The number of carbonyl (C=O) groups is 2. The number of para-hydroxylation sites is 2. The number of anilines is 3. The number of nitrogens with zero attached hydrogens (tertiary/aromatic N) is 1. The Morgan fingerprint density at radius 2 is 1.08 bits per heavy atom. The Bertz CT molecular complexity index is 1800. The van der Waals surface area contributed by atoms with Crippen LogP contribution in [0, 0.1) is 0 Å². The van der Waals surface area contributed by atoms with Crippen molar-refractivity contribution in [2.45, 2.75) is 6.42 Å². The Kier molecular flexibility index (Phi) is 5.45. The molecule has 1 heterocycles. The summed E-state index contributed by atoms with van der Waals surface area (Å²) in [6.07, 6.45) is 2.03. The maximum Gasteiger partial charge on any atom is 0.204 e. The van der Waals surface area contributed by atoms with Crippen molar-refractivity contribution in [3.05, 3.63) is 150 Å². The first-order valence-corrected chi connectivity index (χ1v) is 12.9. The highest BCUT2D eigenvalue weighted by Gasteiger charge is 2.33. The van der Waals surface area contributed by atoms with E-state index in [9.17, 15) is 9.59 Å². The van der Waals surface area contributed by atoms with Crippen LogP contribution in [0.2, 0.25) is 0 Å². The maximum atomic E-state index is 13.3. The topological polar surface area (TPSA) is 50.5 Å². The molecule has 0 amide bonds. The molecule has 0 spiro atoms. The van der Waals surface area contributed by atoms with E-state index >= 15 is 0 Å². The fourth-order valence-electron chi connectivity index (χ4n) is 5.30. The van der Waals surface area contributed by atoms with E-state index in [1.807, 2.05) is 102 Å². The molecule has 1 aromatic heterocycles. The molecular formula is C35H23NO3. The van der Waals surface area contributed by atoms with Crippen LogP contribution >= 0.6 is 0 Å². The first kappa shape index (κ1) is 22.9. The van der Waals surface area contributed by atoms with Crippen molar-refractivity contribution in [3.8, 4) is 0 Å². The molecule has 5 aromatic carbocycles. The van der Waals surface area contributed by atoms with Gasteiger partial charge in [-0.3, -0.25) is 14.5 Å². The molecule has 6 aromatic rings. The van der Waals surface area contributed by atoms with Gasteiger partial charge in [-0.15, -0.1) is 0 Å². The Morgan fingerprint density at radius 1 is 0.564 bits per heavy atom. The predicted octanol–water partition coefficient (Wildman–Crippen LogP) is 8.60. The summed E-state index contributed by atoms with van der Waals surface area (Å²) in [7, 11) is 0. The van der Waals surface area contributed by atoms with Gasteiger partial charge in [0.15, 0.2) is 11.6 Å². The van der Waals surface area contributed by atoms with Gasteiger partial charge in [-0.25, -0.2) is 0 Å². The number of Topliss-reactive ketones (excluding diaryl/α,β-unsaturated/α-hetero) is 2. The van der Waals surface area contributed by atoms with Gasteiger partial charge in [-0.1, -0.05) is 66.7 Å². The summed E-state index contributed by atoms with van der Waals surface area (Å²) in [5.74, 6) is 0.868. The van der Waals surface area contributed by atoms with Gasteiger partial charge in [-0.2, -0.15) is 0 Å². The van der Waals surface area contributed by atoms with Crippen molar-refractivity contribution >= 4 is 50.4 Å². The van der Waals surface area contributed by atoms with Gasteiger partial charge >= 0.3 is 0 Å². The Hall–Kier alpha value is -5.22. The number of furan rings is 1. The number of fused-ring (bicyclic) bond motifs is 3. The van der Waals surface area contributed by atoms with E-state index in [-0.39, 0.29) is 17.1 Å². The predicted molar refractivity (Wildman–Crippen MR) is 155 cm³/mol. The number of hydrogen-bond donors (Lipinski definition) is 0. The average molecular weight is 506 g/mol. The maximum absolute atomic E-state index is 13.3. The van der Waals surface area contributed by atoms with Crippen LogP contribution in [0.25, 0.3) is 21.5 Å². The molecule has 7 rings (SSSR count). The highest BCUT2D eigenvalue weighted by Crippen LogP contribution is 2.36. The SMILES string of the molecule is O=C1C(=CCc2ccc(N(c3ccccc3)c3ccccc3)o2)C(=O)c2cc3cc4ccccc4cc3cc21. The van der Waals surface area contributed by atoms with Gasteiger partial charge in [0, 0.05) is 35.0 Å². The van der Waals surface area contributed by atoms with E-state index in [2.05, 4.69) is 24.3 Å². The van der Waals surface area contributed by atoms with Crippen LogP contribution in [0.15, 0.2) is 137 Å². The minimum Gasteiger partial charge on any atom is -0.444 e. The lowest BCUT2D eigenvalue weighted by molar-refractivity contribution is 0.0988. The molecule has 4 heteroatoms. The second-order valence-electron chi connectivity index (χ2n) is 9.67. The Balaban J connectivity index is 1.20. The molecular weight excluding hydrogens is 482 g/mol. The van der Waals surface area contributed by atoms with Crippen LogP contribution in [-0.4, -0.2) is 11.6 Å². The fourth-order valence-corrected chi connectivity index (χ4v) is 5.30. The molecule has 0 fully saturated rings. The lowest BCUT2D eigenvalue weighted by Gasteiger charge is -2.22. The van der Waals surface area contributed by atoms with Crippen molar-refractivity contribution in [2.75, 3.05) is 4.90 Å². The first-order valence-electron chi connectivity index (χ1n) is 12.9. The molecule has 0 radical (unpaired) electrons. The van der Waals surface area contributed by atoms with E-state index < -0.39 is 0 Å². The van der Waals surface area contributed by atoms with Crippen molar-refractivity contribution in [2.24, 2.45) is 0 Å². The van der Waals surface area contributed by atoms with Gasteiger partial charge in [0.05, 0.1) is 5.57 Å². The third-order valence-electron chi connectivity index (χ3n) is 7.22. The largest absolute Gasteiger partial charge is 0.444 e. The lowest BCUT2D eigenvalue weighted by atomic mass is 9.99. The van der Waals surface area contributed by atoms with Crippen LogP contribution < -0.4 is 4.90 Å². The van der Waals surface area contributed by atoms with E-state index in [1.165, 1.54) is 0 Å². The molecule has 1 aliphatic carbocycles. The van der Waals surface area contributed by atoms with E-state index in [0.29, 0.717) is 29.2 Å². The molecule has 0 saturated carbocycles. The number of hydrogen-bond acceptors (Lipinski definition) is 4. The van der Waals surface area contributed by atoms with Crippen molar-refractivity contribution < 1.29 is 14.0 Å². The zero-order valence-electron chi connectivity index (χ0n) is 21.0. The Labute approximate surface area is 225 Å². The number of rotatable bonds is 5. The normalized spacial score (nSPS) is 12.8. The minimum atomic E-state index is -0.230. The van der Waals surface area contributed by atoms with E-state index in [0.717, 1.165) is 32.9 Å². The lowest BCUT2D eigenvalue weighted by Crippen LogP contribution is -2.08. The van der Waals surface area contributed by atoms with Crippen molar-refractivity contribution in [3.63, 3.8) is 0 Å². The Morgan fingerprint density at radius 3 is 1.62 bits per heavy atom. The molecule has 186 valence electrons. The average Bonchev–Trinajstić information content (AvgIpc) is 3.53. The van der Waals surface area contributed by atoms with Crippen LogP contribution in [0.4, 0.5) is 17.3 Å². The summed E-state index contributed by atoms with van der Waals surface area (Å²) >= 11 is 0. The molecule has 39 heavy (non-hydrogen) atoms. The molecule has 0 bridgehead atoms. The molecule has 0 unspecified atom stereocenters. The van der Waals surface area contributed by atoms with Crippen LogP contribution in [0.3, 0.4) is 0 Å². The summed E-state index contributed by atoms with van der Waals surface area (Å²) in [5.41, 5.74) is 3.08. The molecule has 0 saturated heterocycles. The van der Waals surface area contributed by atoms with Crippen LogP contribution in [0.5, 0.6) is 0 Å². The van der Waals surface area contributed by atoms with Gasteiger partial charge in [0.1, 0.15) is 5.76 Å². The van der Waals surface area contributed by atoms with E-state index in [4.69, 9.17) is 4.42 Å². The van der Waals surface area contributed by atoms with Crippen molar-refractivity contribution in [1.29, 1.82) is 0 Å². The zero-order valence-corrected chi connectivity index (χ0v) is 21.0. The first-order chi connectivity index (χ1) is 19.2. The van der Waals surface area contributed by atoms with Gasteiger partial charge < -0.3 is 4.42 Å². The second kappa shape index (κ2) is 9.26. The highest BCUT2D eigenvalue weighted by molar-refractivity contribution is 6.40. The number of allylic oxidation sites excluding steroid dienone is 2. The quantitative estimate of drug-likeness (QED) is 0.134. The molecule has 0 aliphatic heterocycles. The van der Waals surface area contributed by atoms with Gasteiger partial charge in [0.25, 0.3) is 0 Å². The fraction of sp³-hybridized carbons (Fsp3) is 0.0286. The number of carbonyl (C=O) groups excluding carboxylic acids is 2. The molecule has 1 aliphatic rings. The summed E-state index contributed by atoms with van der Waals surface area (Å²) < 4.78 is 6.23. The monoisotopic (exact) mass is 505 g/mol. The third kappa shape index (κ3) is 4.03.